The van der Waals surface area contributed by atoms with Gasteiger partial charge in [-0.2, -0.15) is 0 Å². The van der Waals surface area contributed by atoms with E-state index in [0.29, 0.717) is 12.5 Å². The number of rotatable bonds is 4. The van der Waals surface area contributed by atoms with Crippen molar-refractivity contribution in [1.82, 2.24) is 5.32 Å². The van der Waals surface area contributed by atoms with Gasteiger partial charge in [0.25, 0.3) is 0 Å². The van der Waals surface area contributed by atoms with Crippen LogP contribution in [0.5, 0.6) is 0 Å². The molecule has 2 nitrogen and oxygen atoms in total. The van der Waals surface area contributed by atoms with Crippen molar-refractivity contribution >= 4 is 5.91 Å². The van der Waals surface area contributed by atoms with Gasteiger partial charge in [0.2, 0.25) is 5.91 Å². The molecule has 0 unspecified atom stereocenters. The summed E-state index contributed by atoms with van der Waals surface area (Å²) in [6.45, 7) is 6.44. The van der Waals surface area contributed by atoms with E-state index in [0.717, 1.165) is 24.3 Å². The lowest BCUT2D eigenvalue weighted by molar-refractivity contribution is -0.121. The fourth-order valence-corrected chi connectivity index (χ4v) is 3.21. The molecule has 1 saturated carbocycles. The van der Waals surface area contributed by atoms with Gasteiger partial charge in [-0.25, -0.2) is 0 Å². The van der Waals surface area contributed by atoms with E-state index in [2.05, 4.69) is 44.3 Å². The number of aryl methyl sites for hydroxylation is 2. The summed E-state index contributed by atoms with van der Waals surface area (Å²) in [6, 6.07) is 6.71. The van der Waals surface area contributed by atoms with Crippen LogP contribution in [0, 0.1) is 19.8 Å². The van der Waals surface area contributed by atoms with Crippen LogP contribution < -0.4 is 5.32 Å². The summed E-state index contributed by atoms with van der Waals surface area (Å²) in [7, 11) is 0. The van der Waals surface area contributed by atoms with Crippen LogP contribution in [0.25, 0.3) is 0 Å². The van der Waals surface area contributed by atoms with E-state index >= 15 is 0 Å². The van der Waals surface area contributed by atoms with Crippen LogP contribution in [0.2, 0.25) is 0 Å². The third kappa shape index (κ3) is 4.09. The highest BCUT2D eigenvalue weighted by atomic mass is 16.1. The Labute approximate surface area is 123 Å². The third-order valence-electron chi connectivity index (χ3n) is 4.64. The second kappa shape index (κ2) is 6.92. The van der Waals surface area contributed by atoms with Gasteiger partial charge in [0.1, 0.15) is 0 Å². The molecule has 1 amide bonds. The molecular formula is C18H27NO. The summed E-state index contributed by atoms with van der Waals surface area (Å²) in [6.07, 6.45) is 6.63. The monoisotopic (exact) mass is 273 g/mol. The van der Waals surface area contributed by atoms with Gasteiger partial charge in [-0.1, -0.05) is 37.1 Å². The molecule has 2 rings (SSSR count). The second-order valence-corrected chi connectivity index (χ2v) is 6.30. The minimum atomic E-state index is 0.178. The minimum absolute atomic E-state index is 0.178. The molecule has 0 heterocycles. The molecule has 110 valence electrons. The summed E-state index contributed by atoms with van der Waals surface area (Å²) >= 11 is 0. The van der Waals surface area contributed by atoms with E-state index in [1.54, 1.807) is 0 Å². The number of nitrogens with one attached hydrogen (secondary N) is 1. The SMILES string of the molecule is CCC1CCC(NC(=O)Cc2ccc(C)cc2C)CC1. The summed E-state index contributed by atoms with van der Waals surface area (Å²) in [5, 5.41) is 3.21. The molecule has 1 fully saturated rings. The average molecular weight is 273 g/mol. The predicted molar refractivity (Wildman–Crippen MR) is 83.8 cm³/mol. The lowest BCUT2D eigenvalue weighted by Crippen LogP contribution is -2.38. The number of hydrogen-bond donors (Lipinski definition) is 1. The van der Waals surface area contributed by atoms with Crippen LogP contribution in [0.1, 0.15) is 55.7 Å². The first-order valence-electron chi connectivity index (χ1n) is 7.94. The lowest BCUT2D eigenvalue weighted by atomic mass is 9.84. The highest BCUT2D eigenvalue weighted by molar-refractivity contribution is 5.79. The van der Waals surface area contributed by atoms with Crippen molar-refractivity contribution in [3.8, 4) is 0 Å². The predicted octanol–water partition coefficient (Wildman–Crippen LogP) is 3.93. The quantitative estimate of drug-likeness (QED) is 0.884. The van der Waals surface area contributed by atoms with Gasteiger partial charge in [0, 0.05) is 6.04 Å². The molecule has 0 atom stereocenters. The van der Waals surface area contributed by atoms with E-state index in [1.807, 2.05) is 0 Å². The van der Waals surface area contributed by atoms with E-state index in [9.17, 15) is 4.79 Å². The fourth-order valence-electron chi connectivity index (χ4n) is 3.21. The van der Waals surface area contributed by atoms with Gasteiger partial charge in [-0.05, 0) is 56.6 Å². The van der Waals surface area contributed by atoms with Crippen LogP contribution in [-0.2, 0) is 11.2 Å². The molecule has 20 heavy (non-hydrogen) atoms. The Hall–Kier alpha value is -1.31. The zero-order chi connectivity index (χ0) is 14.5. The summed E-state index contributed by atoms with van der Waals surface area (Å²) in [5.74, 6) is 1.05. The van der Waals surface area contributed by atoms with Crippen LogP contribution in [-0.4, -0.2) is 11.9 Å². The summed E-state index contributed by atoms with van der Waals surface area (Å²) in [5.41, 5.74) is 3.62. The molecule has 2 heteroatoms. The van der Waals surface area contributed by atoms with E-state index in [-0.39, 0.29) is 5.91 Å². The molecular weight excluding hydrogens is 246 g/mol. The van der Waals surface area contributed by atoms with Crippen molar-refractivity contribution in [3.05, 3.63) is 34.9 Å². The largest absolute Gasteiger partial charge is 0.353 e. The Morgan fingerprint density at radius 2 is 1.90 bits per heavy atom. The maximum atomic E-state index is 12.2. The molecule has 1 aliphatic rings. The highest BCUT2D eigenvalue weighted by Crippen LogP contribution is 2.26. The molecule has 0 radical (unpaired) electrons. The fraction of sp³-hybridized carbons (Fsp3) is 0.611. The van der Waals surface area contributed by atoms with Crippen molar-refractivity contribution in [2.75, 3.05) is 0 Å². The van der Waals surface area contributed by atoms with Gasteiger partial charge < -0.3 is 5.32 Å². The summed E-state index contributed by atoms with van der Waals surface area (Å²) < 4.78 is 0. The first kappa shape index (κ1) is 15.1. The van der Waals surface area contributed by atoms with Crippen LogP contribution in [0.4, 0.5) is 0 Å². The Kier molecular flexibility index (Phi) is 5.22. The lowest BCUT2D eigenvalue weighted by Gasteiger charge is -2.28. The van der Waals surface area contributed by atoms with Gasteiger partial charge in [-0.3, -0.25) is 4.79 Å². The summed E-state index contributed by atoms with van der Waals surface area (Å²) in [4.78, 5) is 12.2. The number of carbonyl (C=O) groups is 1. The minimum Gasteiger partial charge on any atom is -0.353 e. The van der Waals surface area contributed by atoms with E-state index in [1.165, 1.54) is 30.4 Å². The van der Waals surface area contributed by atoms with Gasteiger partial charge in [-0.15, -0.1) is 0 Å². The normalized spacial score (nSPS) is 22.6. The van der Waals surface area contributed by atoms with Crippen molar-refractivity contribution < 1.29 is 4.79 Å². The Balaban J connectivity index is 1.84. The molecule has 0 aromatic heterocycles. The van der Waals surface area contributed by atoms with E-state index < -0.39 is 0 Å². The molecule has 1 N–H and O–H groups in total. The standard InChI is InChI=1S/C18H27NO/c1-4-15-6-9-17(10-7-15)19-18(20)12-16-8-5-13(2)11-14(16)3/h5,8,11,15,17H,4,6-7,9-10,12H2,1-3H3,(H,19,20). The zero-order valence-electron chi connectivity index (χ0n) is 13.0. The Morgan fingerprint density at radius 3 is 2.50 bits per heavy atom. The van der Waals surface area contributed by atoms with Crippen LogP contribution in [0.3, 0.4) is 0 Å². The van der Waals surface area contributed by atoms with Crippen LogP contribution >= 0.6 is 0 Å². The molecule has 1 aromatic rings. The first-order chi connectivity index (χ1) is 9.58. The van der Waals surface area contributed by atoms with Crippen molar-refractivity contribution in [3.63, 3.8) is 0 Å². The molecule has 0 bridgehead atoms. The first-order valence-corrected chi connectivity index (χ1v) is 7.94. The van der Waals surface area contributed by atoms with E-state index in [4.69, 9.17) is 0 Å². The number of amides is 1. The molecule has 0 spiro atoms. The Morgan fingerprint density at radius 1 is 1.20 bits per heavy atom. The van der Waals surface area contributed by atoms with Crippen LogP contribution in [0.15, 0.2) is 18.2 Å². The molecule has 1 aliphatic carbocycles. The van der Waals surface area contributed by atoms with Crippen molar-refractivity contribution in [2.24, 2.45) is 5.92 Å². The van der Waals surface area contributed by atoms with Gasteiger partial charge in [0.05, 0.1) is 6.42 Å². The molecule has 1 aromatic carbocycles. The van der Waals surface area contributed by atoms with Gasteiger partial charge in [0.15, 0.2) is 0 Å². The maximum Gasteiger partial charge on any atom is 0.224 e. The van der Waals surface area contributed by atoms with Crippen molar-refractivity contribution in [2.45, 2.75) is 65.3 Å². The number of hydrogen-bond acceptors (Lipinski definition) is 1. The highest BCUT2D eigenvalue weighted by Gasteiger charge is 2.21. The Bertz CT molecular complexity index is 458. The number of benzene rings is 1. The average Bonchev–Trinajstić information content (AvgIpc) is 2.43. The topological polar surface area (TPSA) is 29.1 Å². The number of carbonyl (C=O) groups excluding carboxylic acids is 1. The molecule has 0 saturated heterocycles. The zero-order valence-corrected chi connectivity index (χ0v) is 13.0. The van der Waals surface area contributed by atoms with Gasteiger partial charge >= 0.3 is 0 Å². The maximum absolute atomic E-state index is 12.2. The molecule has 0 aliphatic heterocycles. The van der Waals surface area contributed by atoms with Crippen molar-refractivity contribution in [1.29, 1.82) is 0 Å². The third-order valence-corrected chi connectivity index (χ3v) is 4.64. The smallest absolute Gasteiger partial charge is 0.224 e. The second-order valence-electron chi connectivity index (χ2n) is 6.30.